The minimum Gasteiger partial charge on any atom is -0.465 e. The van der Waals surface area contributed by atoms with Crippen LogP contribution < -0.4 is 5.32 Å². The minimum absolute atomic E-state index is 0.0655. The lowest BCUT2D eigenvalue weighted by Gasteiger charge is -2.25. The van der Waals surface area contributed by atoms with E-state index in [1.54, 1.807) is 18.3 Å². The standard InChI is InChI=1S/C23H23N3O4S/c1-29-22(28)16-8-3-2-7-15(16)18-10-11-19(30-18)21-20(17-9-4-5-12-24-17)25-23(31)26(21)13-6-14-27/h2-5,7-12,20-21,27H,6,13-14H2,1H3,(H,25,31)/t20-,21+/m0/s1. The molecule has 0 spiro atoms. The SMILES string of the molecule is COC(=O)c1ccccc1-c1ccc([C@@H]2[C@H](c3ccccn3)NC(=S)N2CCCO)o1. The number of aliphatic hydroxyl groups excluding tert-OH is 1. The number of aromatic nitrogens is 1. The Morgan fingerprint density at radius 3 is 2.77 bits per heavy atom. The number of pyridine rings is 1. The summed E-state index contributed by atoms with van der Waals surface area (Å²) in [7, 11) is 1.36. The van der Waals surface area contributed by atoms with Gasteiger partial charge in [0, 0.05) is 24.9 Å². The second-order valence-corrected chi connectivity index (χ2v) is 7.52. The van der Waals surface area contributed by atoms with Gasteiger partial charge in [0.25, 0.3) is 0 Å². The molecule has 4 rings (SSSR count). The second kappa shape index (κ2) is 9.28. The lowest BCUT2D eigenvalue weighted by Crippen LogP contribution is -2.30. The van der Waals surface area contributed by atoms with Crippen molar-refractivity contribution in [3.8, 4) is 11.3 Å². The monoisotopic (exact) mass is 437 g/mol. The number of ether oxygens (including phenoxy) is 1. The molecule has 1 aromatic carbocycles. The van der Waals surface area contributed by atoms with Crippen LogP contribution in [0.1, 0.15) is 40.3 Å². The van der Waals surface area contributed by atoms with Gasteiger partial charge in [0.15, 0.2) is 5.11 Å². The molecule has 0 saturated carbocycles. The third-order valence-electron chi connectivity index (χ3n) is 5.27. The summed E-state index contributed by atoms with van der Waals surface area (Å²) in [5.74, 6) is 0.833. The molecule has 0 radical (unpaired) electrons. The van der Waals surface area contributed by atoms with Crippen molar-refractivity contribution in [2.75, 3.05) is 20.3 Å². The zero-order valence-electron chi connectivity index (χ0n) is 17.0. The van der Waals surface area contributed by atoms with Crippen molar-refractivity contribution >= 4 is 23.3 Å². The molecule has 8 heteroatoms. The normalized spacial score (nSPS) is 18.1. The quantitative estimate of drug-likeness (QED) is 0.429. The molecule has 0 amide bonds. The molecule has 3 heterocycles. The van der Waals surface area contributed by atoms with E-state index in [4.69, 9.17) is 21.4 Å². The van der Waals surface area contributed by atoms with Crippen LogP contribution in [-0.2, 0) is 4.74 Å². The fourth-order valence-corrected chi connectivity index (χ4v) is 4.17. The molecule has 1 aliphatic heterocycles. The van der Waals surface area contributed by atoms with E-state index in [0.717, 1.165) is 5.69 Å². The number of esters is 1. The number of hydrogen-bond acceptors (Lipinski definition) is 6. The largest absolute Gasteiger partial charge is 0.465 e. The molecule has 2 aromatic heterocycles. The first kappa shape index (κ1) is 21.0. The third kappa shape index (κ3) is 4.17. The van der Waals surface area contributed by atoms with Gasteiger partial charge in [0.1, 0.15) is 17.6 Å². The predicted molar refractivity (Wildman–Crippen MR) is 119 cm³/mol. The summed E-state index contributed by atoms with van der Waals surface area (Å²) >= 11 is 5.58. The lowest BCUT2D eigenvalue weighted by molar-refractivity contribution is 0.0601. The number of methoxy groups -OCH3 is 1. The van der Waals surface area contributed by atoms with Crippen LogP contribution in [0.3, 0.4) is 0 Å². The fourth-order valence-electron chi connectivity index (χ4n) is 3.84. The van der Waals surface area contributed by atoms with E-state index >= 15 is 0 Å². The summed E-state index contributed by atoms with van der Waals surface area (Å²) in [4.78, 5) is 18.7. The molecule has 7 nitrogen and oxygen atoms in total. The minimum atomic E-state index is -0.423. The molecule has 1 saturated heterocycles. The van der Waals surface area contributed by atoms with Crippen molar-refractivity contribution in [3.05, 3.63) is 77.8 Å². The summed E-state index contributed by atoms with van der Waals surface area (Å²) in [6.07, 6.45) is 2.32. The second-order valence-electron chi connectivity index (χ2n) is 7.14. The maximum Gasteiger partial charge on any atom is 0.338 e. The predicted octanol–water partition coefficient (Wildman–Crippen LogP) is 3.48. The van der Waals surface area contributed by atoms with Gasteiger partial charge in [-0.05, 0) is 49.0 Å². The fraction of sp³-hybridized carbons (Fsp3) is 0.261. The number of nitrogens with one attached hydrogen (secondary N) is 1. The van der Waals surface area contributed by atoms with Crippen molar-refractivity contribution in [1.82, 2.24) is 15.2 Å². The van der Waals surface area contributed by atoms with E-state index in [-0.39, 0.29) is 18.7 Å². The van der Waals surface area contributed by atoms with Crippen molar-refractivity contribution in [1.29, 1.82) is 0 Å². The first-order chi connectivity index (χ1) is 15.1. The number of benzene rings is 1. The Kier molecular flexibility index (Phi) is 6.29. The average molecular weight is 438 g/mol. The highest BCUT2D eigenvalue weighted by Crippen LogP contribution is 2.40. The van der Waals surface area contributed by atoms with Crippen molar-refractivity contribution in [2.45, 2.75) is 18.5 Å². The Bertz CT molecular complexity index is 1070. The zero-order chi connectivity index (χ0) is 21.8. The average Bonchev–Trinajstić information content (AvgIpc) is 3.42. The van der Waals surface area contributed by atoms with Crippen molar-refractivity contribution in [3.63, 3.8) is 0 Å². The Balaban J connectivity index is 1.73. The molecule has 31 heavy (non-hydrogen) atoms. The first-order valence-electron chi connectivity index (χ1n) is 10.0. The van der Waals surface area contributed by atoms with Gasteiger partial charge in [-0.25, -0.2) is 4.79 Å². The third-order valence-corrected chi connectivity index (χ3v) is 5.62. The van der Waals surface area contributed by atoms with Crippen LogP contribution in [-0.4, -0.2) is 46.3 Å². The summed E-state index contributed by atoms with van der Waals surface area (Å²) < 4.78 is 11.2. The number of rotatable bonds is 7. The van der Waals surface area contributed by atoms with E-state index in [2.05, 4.69) is 10.3 Å². The topological polar surface area (TPSA) is 87.8 Å². The maximum atomic E-state index is 12.2. The van der Waals surface area contributed by atoms with E-state index in [0.29, 0.717) is 40.7 Å². The van der Waals surface area contributed by atoms with Crippen LogP contribution in [0.2, 0.25) is 0 Å². The number of nitrogens with zero attached hydrogens (tertiary/aromatic N) is 2. The molecule has 0 aliphatic carbocycles. The van der Waals surface area contributed by atoms with E-state index < -0.39 is 5.97 Å². The molecular weight excluding hydrogens is 414 g/mol. The highest BCUT2D eigenvalue weighted by atomic mass is 32.1. The Morgan fingerprint density at radius 2 is 2.03 bits per heavy atom. The zero-order valence-corrected chi connectivity index (χ0v) is 17.8. The van der Waals surface area contributed by atoms with Crippen LogP contribution in [0.15, 0.2) is 65.2 Å². The van der Waals surface area contributed by atoms with Gasteiger partial charge in [0.2, 0.25) is 0 Å². The summed E-state index contributed by atoms with van der Waals surface area (Å²) in [6.45, 7) is 0.640. The number of aliphatic hydroxyl groups is 1. The van der Waals surface area contributed by atoms with Crippen molar-refractivity contribution in [2.24, 2.45) is 0 Å². The van der Waals surface area contributed by atoms with Gasteiger partial charge >= 0.3 is 5.97 Å². The van der Waals surface area contributed by atoms with E-state index in [9.17, 15) is 9.90 Å². The van der Waals surface area contributed by atoms with Gasteiger partial charge in [-0.1, -0.05) is 24.3 Å². The molecule has 1 aliphatic rings. The van der Waals surface area contributed by atoms with Crippen molar-refractivity contribution < 1.29 is 19.1 Å². The summed E-state index contributed by atoms with van der Waals surface area (Å²) in [5.41, 5.74) is 1.93. The molecule has 2 N–H and O–H groups in total. The van der Waals surface area contributed by atoms with Gasteiger partial charge in [-0.15, -0.1) is 0 Å². The molecule has 0 bridgehead atoms. The van der Waals surface area contributed by atoms with Crippen LogP contribution >= 0.6 is 12.2 Å². The van der Waals surface area contributed by atoms with Crippen LogP contribution in [0.5, 0.6) is 0 Å². The Hall–Kier alpha value is -3.23. The van der Waals surface area contributed by atoms with Gasteiger partial charge in [-0.2, -0.15) is 0 Å². The van der Waals surface area contributed by atoms with E-state index in [1.807, 2.05) is 47.4 Å². The number of thiocarbonyl (C=S) groups is 1. The van der Waals surface area contributed by atoms with Gasteiger partial charge in [-0.3, -0.25) is 4.98 Å². The number of furan rings is 1. The highest BCUT2D eigenvalue weighted by Gasteiger charge is 2.41. The van der Waals surface area contributed by atoms with Gasteiger partial charge in [0.05, 0.1) is 24.4 Å². The van der Waals surface area contributed by atoms with Crippen LogP contribution in [0.25, 0.3) is 11.3 Å². The maximum absolute atomic E-state index is 12.2. The smallest absolute Gasteiger partial charge is 0.338 e. The van der Waals surface area contributed by atoms with Gasteiger partial charge < -0.3 is 24.5 Å². The number of carbonyl (C=O) groups is 1. The first-order valence-corrected chi connectivity index (χ1v) is 10.4. The van der Waals surface area contributed by atoms with Crippen LogP contribution in [0, 0.1) is 0 Å². The lowest BCUT2D eigenvalue weighted by atomic mass is 10.0. The summed E-state index contributed by atoms with van der Waals surface area (Å²) in [5, 5.41) is 13.3. The summed E-state index contributed by atoms with van der Waals surface area (Å²) in [6, 6.07) is 16.2. The van der Waals surface area contributed by atoms with E-state index in [1.165, 1.54) is 7.11 Å². The molecule has 3 aromatic rings. The number of carbonyl (C=O) groups excluding carboxylic acids is 1. The Labute approximate surface area is 185 Å². The van der Waals surface area contributed by atoms with Crippen LogP contribution in [0.4, 0.5) is 0 Å². The number of hydrogen-bond donors (Lipinski definition) is 2. The molecular formula is C23H23N3O4S. The molecule has 160 valence electrons. The Morgan fingerprint density at radius 1 is 1.23 bits per heavy atom. The molecule has 2 atom stereocenters. The molecule has 0 unspecified atom stereocenters. The highest BCUT2D eigenvalue weighted by molar-refractivity contribution is 7.80. The molecule has 1 fully saturated rings.